The highest BCUT2D eigenvalue weighted by atomic mass is 16.5. The van der Waals surface area contributed by atoms with Crippen molar-refractivity contribution in [2.45, 2.75) is 13.3 Å². The van der Waals surface area contributed by atoms with Crippen LogP contribution in [0.25, 0.3) is 0 Å². The van der Waals surface area contributed by atoms with Crippen molar-refractivity contribution in [3.63, 3.8) is 0 Å². The van der Waals surface area contributed by atoms with Gasteiger partial charge in [0.1, 0.15) is 11.4 Å². The minimum atomic E-state index is -0.463. The summed E-state index contributed by atoms with van der Waals surface area (Å²) < 4.78 is 4.97. The van der Waals surface area contributed by atoms with E-state index in [9.17, 15) is 9.59 Å². The van der Waals surface area contributed by atoms with Crippen molar-refractivity contribution in [2.75, 3.05) is 24.6 Å². The van der Waals surface area contributed by atoms with Gasteiger partial charge in [0, 0.05) is 19.2 Å². The first-order valence-electron chi connectivity index (χ1n) is 6.30. The molecule has 1 aliphatic rings. The molecule has 1 aromatic heterocycles. The number of pyridine rings is 1. The topological polar surface area (TPSA) is 85.5 Å². The van der Waals surface area contributed by atoms with E-state index in [0.717, 1.165) is 0 Å². The van der Waals surface area contributed by atoms with Crippen molar-refractivity contribution in [1.29, 1.82) is 0 Å². The number of hydrogen-bond acceptors (Lipinski definition) is 5. The van der Waals surface area contributed by atoms with Gasteiger partial charge in [-0.15, -0.1) is 0 Å². The van der Waals surface area contributed by atoms with Gasteiger partial charge in [-0.1, -0.05) is 0 Å². The molecule has 0 aliphatic carbocycles. The van der Waals surface area contributed by atoms with Crippen molar-refractivity contribution >= 4 is 17.7 Å². The van der Waals surface area contributed by atoms with Crippen molar-refractivity contribution in [3.8, 4) is 0 Å². The molecule has 2 rings (SSSR count). The first-order chi connectivity index (χ1) is 9.17. The van der Waals surface area contributed by atoms with Gasteiger partial charge in [0.25, 0.3) is 0 Å². The first-order valence-corrected chi connectivity index (χ1v) is 6.30. The Kier molecular flexibility index (Phi) is 4.11. The monoisotopic (exact) mass is 263 g/mol. The molecule has 1 amide bonds. The van der Waals surface area contributed by atoms with E-state index >= 15 is 0 Å². The molecule has 6 heteroatoms. The second kappa shape index (κ2) is 5.79. The largest absolute Gasteiger partial charge is 0.462 e. The van der Waals surface area contributed by atoms with Crippen LogP contribution in [0.4, 0.5) is 5.82 Å². The molecule has 2 N–H and O–H groups in total. The standard InChI is InChI=1S/C13H17N3O3/c1-2-19-13(18)10-4-3-5-15-12(10)16-8-9(7-14)6-11(16)17/h3-5,9H,2,6-8,14H2,1H3. The molecule has 2 heterocycles. The third-order valence-electron chi connectivity index (χ3n) is 3.08. The van der Waals surface area contributed by atoms with Crippen molar-refractivity contribution in [3.05, 3.63) is 23.9 Å². The Balaban J connectivity index is 2.30. The summed E-state index contributed by atoms with van der Waals surface area (Å²) in [4.78, 5) is 29.5. The van der Waals surface area contributed by atoms with E-state index in [0.29, 0.717) is 30.9 Å². The zero-order chi connectivity index (χ0) is 13.8. The van der Waals surface area contributed by atoms with E-state index in [1.165, 1.54) is 4.90 Å². The average Bonchev–Trinajstić information content (AvgIpc) is 2.80. The molecule has 19 heavy (non-hydrogen) atoms. The molecule has 1 fully saturated rings. The highest BCUT2D eigenvalue weighted by molar-refractivity contribution is 6.02. The molecule has 1 aromatic rings. The number of esters is 1. The van der Waals surface area contributed by atoms with Crippen LogP contribution < -0.4 is 10.6 Å². The van der Waals surface area contributed by atoms with E-state index in [-0.39, 0.29) is 18.4 Å². The molecule has 1 aliphatic heterocycles. The number of nitrogens with zero attached hydrogens (tertiary/aromatic N) is 2. The van der Waals surface area contributed by atoms with Gasteiger partial charge in [-0.25, -0.2) is 9.78 Å². The Hall–Kier alpha value is -1.95. The summed E-state index contributed by atoms with van der Waals surface area (Å²) in [5, 5.41) is 0. The minimum Gasteiger partial charge on any atom is -0.462 e. The summed E-state index contributed by atoms with van der Waals surface area (Å²) in [6, 6.07) is 3.26. The lowest BCUT2D eigenvalue weighted by Gasteiger charge is -2.18. The van der Waals surface area contributed by atoms with E-state index in [1.54, 1.807) is 25.3 Å². The molecule has 0 bridgehead atoms. The molecule has 0 aromatic carbocycles. The number of carbonyl (C=O) groups excluding carboxylic acids is 2. The number of rotatable bonds is 4. The Morgan fingerprint density at radius 1 is 1.63 bits per heavy atom. The molecule has 0 spiro atoms. The van der Waals surface area contributed by atoms with E-state index in [1.807, 2.05) is 0 Å². The van der Waals surface area contributed by atoms with Gasteiger partial charge in [-0.05, 0) is 31.5 Å². The molecule has 0 radical (unpaired) electrons. The zero-order valence-electron chi connectivity index (χ0n) is 10.8. The van der Waals surface area contributed by atoms with Crippen LogP contribution in [0.3, 0.4) is 0 Å². The van der Waals surface area contributed by atoms with Crippen LogP contribution in [-0.2, 0) is 9.53 Å². The van der Waals surface area contributed by atoms with Gasteiger partial charge in [0.2, 0.25) is 5.91 Å². The SMILES string of the molecule is CCOC(=O)c1cccnc1N1CC(CN)CC1=O. The van der Waals surface area contributed by atoms with Crippen LogP contribution >= 0.6 is 0 Å². The number of amides is 1. The number of ether oxygens (including phenoxy) is 1. The highest BCUT2D eigenvalue weighted by Gasteiger charge is 2.32. The summed E-state index contributed by atoms with van der Waals surface area (Å²) in [7, 11) is 0. The average molecular weight is 263 g/mol. The molecule has 102 valence electrons. The van der Waals surface area contributed by atoms with Crippen LogP contribution in [0.15, 0.2) is 18.3 Å². The van der Waals surface area contributed by atoms with Crippen LogP contribution in [0.2, 0.25) is 0 Å². The van der Waals surface area contributed by atoms with Crippen LogP contribution in [-0.4, -0.2) is 36.6 Å². The molecular weight excluding hydrogens is 246 g/mol. The van der Waals surface area contributed by atoms with Gasteiger partial charge in [0.15, 0.2) is 0 Å². The smallest absolute Gasteiger partial charge is 0.341 e. The number of aromatic nitrogens is 1. The number of nitrogens with two attached hydrogens (primary N) is 1. The Morgan fingerprint density at radius 3 is 3.05 bits per heavy atom. The summed E-state index contributed by atoms with van der Waals surface area (Å²) >= 11 is 0. The maximum absolute atomic E-state index is 12.0. The van der Waals surface area contributed by atoms with Crippen molar-refractivity contribution < 1.29 is 14.3 Å². The van der Waals surface area contributed by atoms with E-state index in [2.05, 4.69) is 4.98 Å². The fourth-order valence-electron chi connectivity index (χ4n) is 2.12. The highest BCUT2D eigenvalue weighted by Crippen LogP contribution is 2.26. The summed E-state index contributed by atoms with van der Waals surface area (Å²) in [5.74, 6) is -0.0410. The number of anilines is 1. The predicted molar refractivity (Wildman–Crippen MR) is 69.7 cm³/mol. The Labute approximate surface area is 111 Å². The normalized spacial score (nSPS) is 18.7. The lowest BCUT2D eigenvalue weighted by atomic mass is 10.1. The second-order valence-corrected chi connectivity index (χ2v) is 4.41. The number of carbonyl (C=O) groups is 2. The van der Waals surface area contributed by atoms with E-state index < -0.39 is 5.97 Å². The van der Waals surface area contributed by atoms with Gasteiger partial charge >= 0.3 is 5.97 Å². The maximum Gasteiger partial charge on any atom is 0.341 e. The molecular formula is C13H17N3O3. The second-order valence-electron chi connectivity index (χ2n) is 4.41. The lowest BCUT2D eigenvalue weighted by Crippen LogP contribution is -2.28. The lowest BCUT2D eigenvalue weighted by molar-refractivity contribution is -0.117. The summed E-state index contributed by atoms with van der Waals surface area (Å²) in [6.45, 7) is 2.97. The quantitative estimate of drug-likeness (QED) is 0.803. The van der Waals surface area contributed by atoms with Gasteiger partial charge < -0.3 is 10.5 Å². The first kappa shape index (κ1) is 13.5. The number of hydrogen-bond donors (Lipinski definition) is 1. The summed E-state index contributed by atoms with van der Waals surface area (Å²) in [6.07, 6.45) is 1.95. The molecule has 1 saturated heterocycles. The van der Waals surface area contributed by atoms with E-state index in [4.69, 9.17) is 10.5 Å². The van der Waals surface area contributed by atoms with Gasteiger partial charge in [-0.3, -0.25) is 9.69 Å². The van der Waals surface area contributed by atoms with Crippen LogP contribution in [0.5, 0.6) is 0 Å². The van der Waals surface area contributed by atoms with Gasteiger partial charge in [0.05, 0.1) is 6.61 Å². The van der Waals surface area contributed by atoms with Crippen LogP contribution in [0.1, 0.15) is 23.7 Å². The zero-order valence-corrected chi connectivity index (χ0v) is 10.8. The maximum atomic E-state index is 12.0. The predicted octanol–water partition coefficient (Wildman–Crippen LogP) is 0.570. The third-order valence-corrected chi connectivity index (χ3v) is 3.08. The van der Waals surface area contributed by atoms with Gasteiger partial charge in [-0.2, -0.15) is 0 Å². The Morgan fingerprint density at radius 2 is 2.42 bits per heavy atom. The fourth-order valence-corrected chi connectivity index (χ4v) is 2.12. The summed E-state index contributed by atoms with van der Waals surface area (Å²) in [5.41, 5.74) is 5.91. The molecule has 1 unspecified atom stereocenters. The molecule has 1 atom stereocenters. The molecule has 6 nitrogen and oxygen atoms in total. The third kappa shape index (κ3) is 2.73. The van der Waals surface area contributed by atoms with Crippen LogP contribution in [0, 0.1) is 5.92 Å². The fraction of sp³-hybridized carbons (Fsp3) is 0.462. The minimum absolute atomic E-state index is 0.0558. The van der Waals surface area contributed by atoms with Crippen molar-refractivity contribution in [2.24, 2.45) is 11.7 Å². The molecule has 0 saturated carbocycles. The van der Waals surface area contributed by atoms with Crippen molar-refractivity contribution in [1.82, 2.24) is 4.98 Å². The Bertz CT molecular complexity index is 490.